The SMILES string of the molecule is C1=c2c(ccc3c2=Nc2ccccc2-3)-c2cccc(-c3cccc4c3C=c3c-4ccc4c3=Nc3ccccc3-4)c21. The van der Waals surface area contributed by atoms with E-state index in [1.54, 1.807) is 0 Å². The van der Waals surface area contributed by atoms with E-state index in [0.29, 0.717) is 0 Å². The van der Waals surface area contributed by atoms with Gasteiger partial charge in [-0.15, -0.1) is 0 Å². The zero-order valence-electron chi connectivity index (χ0n) is 21.4. The van der Waals surface area contributed by atoms with Crippen LogP contribution in [0.4, 0.5) is 11.4 Å². The third kappa shape index (κ3) is 2.49. The highest BCUT2D eigenvalue weighted by Gasteiger charge is 2.25. The average molecular weight is 505 g/mol. The van der Waals surface area contributed by atoms with Crippen molar-refractivity contribution in [3.63, 3.8) is 0 Å². The summed E-state index contributed by atoms with van der Waals surface area (Å²) in [6.07, 6.45) is 4.72. The number of hydrogen-bond acceptors (Lipinski definition) is 2. The van der Waals surface area contributed by atoms with Gasteiger partial charge in [0, 0.05) is 32.7 Å². The fraction of sp³-hybridized carbons (Fsp3) is 0. The minimum atomic E-state index is 1.06. The van der Waals surface area contributed by atoms with Gasteiger partial charge in [-0.2, -0.15) is 0 Å². The van der Waals surface area contributed by atoms with Crippen molar-refractivity contribution in [2.45, 2.75) is 0 Å². The Morgan fingerprint density at radius 1 is 0.300 bits per heavy atom. The van der Waals surface area contributed by atoms with Gasteiger partial charge in [0.1, 0.15) is 0 Å². The van der Waals surface area contributed by atoms with Crippen molar-refractivity contribution in [2.75, 3.05) is 0 Å². The first kappa shape index (κ1) is 20.6. The van der Waals surface area contributed by atoms with Crippen LogP contribution in [0.15, 0.2) is 119 Å². The molecule has 40 heavy (non-hydrogen) atoms. The lowest BCUT2D eigenvalue weighted by atomic mass is 9.90. The van der Waals surface area contributed by atoms with Crippen LogP contribution in [0.3, 0.4) is 0 Å². The third-order valence-corrected chi connectivity index (χ3v) is 8.95. The molecule has 0 saturated heterocycles. The van der Waals surface area contributed by atoms with Crippen LogP contribution in [-0.4, -0.2) is 0 Å². The summed E-state index contributed by atoms with van der Waals surface area (Å²) in [5.41, 5.74) is 17.2. The van der Waals surface area contributed by atoms with E-state index in [2.05, 4.69) is 121 Å². The van der Waals surface area contributed by atoms with Gasteiger partial charge >= 0.3 is 0 Å². The highest BCUT2D eigenvalue weighted by atomic mass is 14.8. The molecule has 0 atom stereocenters. The van der Waals surface area contributed by atoms with Gasteiger partial charge in [0.05, 0.1) is 22.1 Å². The summed E-state index contributed by atoms with van der Waals surface area (Å²) in [4.78, 5) is 10.1. The van der Waals surface area contributed by atoms with E-state index < -0.39 is 0 Å². The monoisotopic (exact) mass is 504 g/mol. The van der Waals surface area contributed by atoms with Gasteiger partial charge in [0.2, 0.25) is 0 Å². The highest BCUT2D eigenvalue weighted by molar-refractivity contribution is 5.98. The number of fused-ring (bicyclic) bond motifs is 14. The van der Waals surface area contributed by atoms with Gasteiger partial charge in [0.15, 0.2) is 0 Å². The maximum atomic E-state index is 5.06. The van der Waals surface area contributed by atoms with E-state index in [4.69, 9.17) is 9.98 Å². The van der Waals surface area contributed by atoms with Crippen LogP contribution in [-0.2, 0) is 0 Å². The van der Waals surface area contributed by atoms with Gasteiger partial charge in [-0.25, -0.2) is 9.98 Å². The fourth-order valence-corrected chi connectivity index (χ4v) is 7.16. The molecular weight excluding hydrogens is 484 g/mol. The van der Waals surface area contributed by atoms with E-state index in [-0.39, 0.29) is 0 Å². The lowest BCUT2D eigenvalue weighted by Crippen LogP contribution is -2.25. The second-order valence-corrected chi connectivity index (χ2v) is 10.9. The highest BCUT2D eigenvalue weighted by Crippen LogP contribution is 2.42. The standard InChI is InChI=1S/C38H20N2/c1-3-13-35-27(7-1)29-17-15-25-23-11-5-9-21(31(23)19-33(25)37(29)39-35)22-10-6-12-24-26-16-18-30-28-8-2-4-14-36(28)40-38(30)34(26)20-32(22)24/h1-20H. The molecule has 4 aliphatic rings. The van der Waals surface area contributed by atoms with E-state index in [1.807, 2.05) is 0 Å². The van der Waals surface area contributed by atoms with E-state index in [0.717, 1.165) is 22.1 Å². The number of rotatable bonds is 1. The number of nitrogens with zero attached hydrogens (tertiary/aromatic N) is 2. The summed E-state index contributed by atoms with van der Waals surface area (Å²) < 4.78 is 0. The van der Waals surface area contributed by atoms with Gasteiger partial charge in [0.25, 0.3) is 0 Å². The quantitative estimate of drug-likeness (QED) is 0.234. The van der Waals surface area contributed by atoms with E-state index >= 15 is 0 Å². The van der Waals surface area contributed by atoms with Crippen molar-refractivity contribution in [1.82, 2.24) is 0 Å². The molecule has 0 N–H and O–H groups in total. The predicted octanol–water partition coefficient (Wildman–Crippen LogP) is 6.84. The second kappa shape index (κ2) is 7.19. The normalized spacial score (nSPS) is 13.3. The topological polar surface area (TPSA) is 24.7 Å². The molecule has 2 heterocycles. The maximum Gasteiger partial charge on any atom is 0.0795 e. The predicted molar refractivity (Wildman–Crippen MR) is 162 cm³/mol. The Hall–Kier alpha value is -5.34. The molecule has 0 aromatic heterocycles. The summed E-state index contributed by atoms with van der Waals surface area (Å²) in [5, 5.41) is 4.64. The zero-order chi connectivity index (χ0) is 25.9. The van der Waals surface area contributed by atoms with Crippen LogP contribution in [0.5, 0.6) is 0 Å². The maximum absolute atomic E-state index is 5.06. The van der Waals surface area contributed by atoms with E-state index in [9.17, 15) is 0 Å². The van der Waals surface area contributed by atoms with Crippen molar-refractivity contribution in [2.24, 2.45) is 9.98 Å². The first-order chi connectivity index (χ1) is 19.8. The smallest absolute Gasteiger partial charge is 0.0795 e. The molecule has 0 radical (unpaired) electrons. The van der Waals surface area contributed by atoms with Gasteiger partial charge in [-0.1, -0.05) is 97.1 Å². The summed E-state index contributed by atoms with van der Waals surface area (Å²) in [6.45, 7) is 0. The molecule has 2 aliphatic carbocycles. The Morgan fingerprint density at radius 3 is 1.15 bits per heavy atom. The molecule has 0 spiro atoms. The van der Waals surface area contributed by atoms with Crippen molar-refractivity contribution >= 4 is 23.5 Å². The number of para-hydroxylation sites is 2. The van der Waals surface area contributed by atoms with Crippen LogP contribution in [0.2, 0.25) is 0 Å². The van der Waals surface area contributed by atoms with Crippen LogP contribution in [0.25, 0.3) is 67.8 Å². The van der Waals surface area contributed by atoms with Crippen LogP contribution >= 0.6 is 0 Å². The molecule has 6 aromatic rings. The molecule has 0 fully saturated rings. The fourth-order valence-electron chi connectivity index (χ4n) is 7.16. The largest absolute Gasteiger partial charge is 0.247 e. The first-order valence-electron chi connectivity index (χ1n) is 13.8. The molecular formula is C38H20N2. The summed E-state index contributed by atoms with van der Waals surface area (Å²) in [5.74, 6) is 0. The van der Waals surface area contributed by atoms with Gasteiger partial charge < -0.3 is 0 Å². The van der Waals surface area contributed by atoms with Crippen molar-refractivity contribution < 1.29 is 0 Å². The average Bonchev–Trinajstić information content (AvgIpc) is 3.76. The van der Waals surface area contributed by atoms with Crippen molar-refractivity contribution in [3.8, 4) is 55.6 Å². The van der Waals surface area contributed by atoms with Crippen molar-refractivity contribution in [1.29, 1.82) is 0 Å². The molecule has 10 rings (SSSR count). The Morgan fingerprint density at radius 2 is 0.675 bits per heavy atom. The zero-order valence-corrected chi connectivity index (χ0v) is 21.4. The van der Waals surface area contributed by atoms with Gasteiger partial charge in [-0.05, 0) is 68.8 Å². The number of benzene rings is 6. The Labute approximate surface area is 230 Å². The molecule has 6 aromatic carbocycles. The Bertz CT molecular complexity index is 2260. The Balaban J connectivity index is 1.20. The van der Waals surface area contributed by atoms with Crippen molar-refractivity contribution in [3.05, 3.63) is 141 Å². The minimum Gasteiger partial charge on any atom is -0.247 e. The molecule has 2 nitrogen and oxygen atoms in total. The minimum absolute atomic E-state index is 1.06. The third-order valence-electron chi connectivity index (χ3n) is 8.95. The summed E-state index contributed by atoms with van der Waals surface area (Å²) in [7, 11) is 0. The van der Waals surface area contributed by atoms with Crippen LogP contribution < -0.4 is 21.2 Å². The number of hydrogen-bond donors (Lipinski definition) is 0. The first-order valence-corrected chi connectivity index (χ1v) is 13.8. The summed E-state index contributed by atoms with van der Waals surface area (Å²) in [6, 6.07) is 39.4. The van der Waals surface area contributed by atoms with Crippen LogP contribution in [0, 0.1) is 0 Å². The van der Waals surface area contributed by atoms with Crippen LogP contribution in [0.1, 0.15) is 11.1 Å². The van der Waals surface area contributed by atoms with Gasteiger partial charge in [-0.3, -0.25) is 0 Å². The molecule has 2 aliphatic heterocycles. The molecule has 0 amide bonds. The Kier molecular flexibility index (Phi) is 3.70. The second-order valence-electron chi connectivity index (χ2n) is 10.9. The lowest BCUT2D eigenvalue weighted by molar-refractivity contribution is 1.38. The summed E-state index contributed by atoms with van der Waals surface area (Å²) >= 11 is 0. The van der Waals surface area contributed by atoms with E-state index in [1.165, 1.54) is 77.2 Å². The molecule has 2 heteroatoms. The lowest BCUT2D eigenvalue weighted by Gasteiger charge is -2.13. The molecule has 182 valence electrons. The molecule has 0 unspecified atom stereocenters. The molecule has 0 saturated carbocycles. The molecule has 0 bridgehead atoms.